The molecule has 0 saturated heterocycles. The van der Waals surface area contributed by atoms with Gasteiger partial charge in [-0.05, 0) is 42.0 Å². The Hall–Kier alpha value is -2.34. The fourth-order valence-corrected chi connectivity index (χ4v) is 1.55. The van der Waals surface area contributed by atoms with Gasteiger partial charge in [-0.15, -0.1) is 0 Å². The average Bonchev–Trinajstić information content (AvgIpc) is 2.33. The van der Waals surface area contributed by atoms with E-state index in [1.165, 1.54) is 12.1 Å². The summed E-state index contributed by atoms with van der Waals surface area (Å²) in [7, 11) is 0. The molecule has 0 heterocycles. The van der Waals surface area contributed by atoms with Crippen LogP contribution < -0.4 is 5.32 Å². The van der Waals surface area contributed by atoms with Crippen molar-refractivity contribution in [1.29, 1.82) is 5.26 Å². The van der Waals surface area contributed by atoms with Gasteiger partial charge in [0.05, 0.1) is 12.5 Å². The molecule has 0 radical (unpaired) electrons. The summed E-state index contributed by atoms with van der Waals surface area (Å²) in [4.78, 5) is 0. The number of hydrogen-bond acceptors (Lipinski definition) is 2. The normalized spacial score (nSPS) is 9.65. The molecular formula is C14H11FN2. The molecule has 0 aliphatic rings. The zero-order chi connectivity index (χ0) is 12.1. The summed E-state index contributed by atoms with van der Waals surface area (Å²) in [5.41, 5.74) is 2.67. The topological polar surface area (TPSA) is 35.8 Å². The zero-order valence-corrected chi connectivity index (χ0v) is 9.15. The highest BCUT2D eigenvalue weighted by molar-refractivity contribution is 5.60. The molecular weight excluding hydrogens is 215 g/mol. The van der Waals surface area contributed by atoms with Gasteiger partial charge in [-0.3, -0.25) is 0 Å². The summed E-state index contributed by atoms with van der Waals surface area (Å²) in [6.45, 7) is 0. The summed E-state index contributed by atoms with van der Waals surface area (Å²) < 4.78 is 12.7. The minimum absolute atomic E-state index is 0.256. The number of nitriles is 1. The van der Waals surface area contributed by atoms with Crippen LogP contribution in [0.1, 0.15) is 5.56 Å². The predicted molar refractivity (Wildman–Crippen MR) is 65.4 cm³/mol. The van der Waals surface area contributed by atoms with Crippen LogP contribution in [0.4, 0.5) is 15.8 Å². The molecule has 0 aliphatic carbocycles. The Labute approximate surface area is 99.3 Å². The number of anilines is 2. The van der Waals surface area contributed by atoms with Gasteiger partial charge in [0.2, 0.25) is 0 Å². The first-order valence-corrected chi connectivity index (χ1v) is 5.26. The highest BCUT2D eigenvalue weighted by Crippen LogP contribution is 2.18. The lowest BCUT2D eigenvalue weighted by Crippen LogP contribution is -1.91. The van der Waals surface area contributed by atoms with Gasteiger partial charge < -0.3 is 5.32 Å². The molecule has 0 bridgehead atoms. The molecule has 0 atom stereocenters. The van der Waals surface area contributed by atoms with Crippen molar-refractivity contribution in [2.24, 2.45) is 0 Å². The molecule has 0 amide bonds. The third-order valence-corrected chi connectivity index (χ3v) is 2.34. The maximum atomic E-state index is 12.7. The molecule has 2 aromatic rings. The Morgan fingerprint density at radius 3 is 2.53 bits per heavy atom. The van der Waals surface area contributed by atoms with Gasteiger partial charge in [0.15, 0.2) is 0 Å². The molecule has 0 fully saturated rings. The van der Waals surface area contributed by atoms with Gasteiger partial charge in [0.25, 0.3) is 0 Å². The number of halogens is 1. The standard InChI is InChI=1S/C14H11FN2/c15-12-4-6-13(7-5-12)17-14-3-1-2-11(10-14)8-9-16/h1-7,10,17H,8H2. The molecule has 2 rings (SSSR count). The zero-order valence-electron chi connectivity index (χ0n) is 9.15. The van der Waals surface area contributed by atoms with Crippen LogP contribution in [-0.2, 0) is 6.42 Å². The number of nitrogens with one attached hydrogen (secondary N) is 1. The molecule has 84 valence electrons. The molecule has 0 aromatic heterocycles. The van der Waals surface area contributed by atoms with Gasteiger partial charge in [0, 0.05) is 11.4 Å². The van der Waals surface area contributed by atoms with Crippen LogP contribution >= 0.6 is 0 Å². The predicted octanol–water partition coefficient (Wildman–Crippen LogP) is 3.64. The Morgan fingerprint density at radius 1 is 1.06 bits per heavy atom. The molecule has 2 nitrogen and oxygen atoms in total. The Balaban J connectivity index is 2.16. The van der Waals surface area contributed by atoms with Crippen molar-refractivity contribution < 1.29 is 4.39 Å². The van der Waals surface area contributed by atoms with Crippen molar-refractivity contribution in [3.8, 4) is 6.07 Å². The Morgan fingerprint density at radius 2 is 1.82 bits per heavy atom. The van der Waals surface area contributed by atoms with E-state index in [9.17, 15) is 4.39 Å². The van der Waals surface area contributed by atoms with Gasteiger partial charge in [-0.25, -0.2) is 4.39 Å². The molecule has 17 heavy (non-hydrogen) atoms. The van der Waals surface area contributed by atoms with Crippen molar-refractivity contribution in [1.82, 2.24) is 0 Å². The van der Waals surface area contributed by atoms with Crippen LogP contribution in [0.15, 0.2) is 48.5 Å². The Bertz CT molecular complexity index is 541. The molecule has 0 unspecified atom stereocenters. The largest absolute Gasteiger partial charge is 0.356 e. The van der Waals surface area contributed by atoms with E-state index in [1.807, 2.05) is 24.3 Å². The van der Waals surface area contributed by atoms with E-state index in [-0.39, 0.29) is 5.82 Å². The quantitative estimate of drug-likeness (QED) is 0.867. The first-order chi connectivity index (χ1) is 8.28. The number of nitrogens with zero attached hydrogens (tertiary/aromatic N) is 1. The van der Waals surface area contributed by atoms with E-state index < -0.39 is 0 Å². The van der Waals surface area contributed by atoms with Gasteiger partial charge in [-0.1, -0.05) is 12.1 Å². The second-order valence-corrected chi connectivity index (χ2v) is 3.67. The molecule has 1 N–H and O–H groups in total. The third-order valence-electron chi connectivity index (χ3n) is 2.34. The summed E-state index contributed by atoms with van der Waals surface area (Å²) in [5.74, 6) is -0.256. The van der Waals surface area contributed by atoms with Crippen LogP contribution in [0.2, 0.25) is 0 Å². The van der Waals surface area contributed by atoms with Crippen LogP contribution in [0.3, 0.4) is 0 Å². The van der Waals surface area contributed by atoms with E-state index >= 15 is 0 Å². The summed E-state index contributed by atoms with van der Waals surface area (Å²) >= 11 is 0. The van der Waals surface area contributed by atoms with Gasteiger partial charge >= 0.3 is 0 Å². The second kappa shape index (κ2) is 5.13. The van der Waals surface area contributed by atoms with E-state index in [1.54, 1.807) is 12.1 Å². The summed E-state index contributed by atoms with van der Waals surface area (Å²) in [6.07, 6.45) is 0.388. The fraction of sp³-hybridized carbons (Fsp3) is 0.0714. The van der Waals surface area contributed by atoms with Crippen LogP contribution in [0.5, 0.6) is 0 Å². The van der Waals surface area contributed by atoms with Crippen LogP contribution in [-0.4, -0.2) is 0 Å². The molecule has 0 spiro atoms. The maximum Gasteiger partial charge on any atom is 0.123 e. The van der Waals surface area contributed by atoms with Crippen molar-refractivity contribution >= 4 is 11.4 Å². The smallest absolute Gasteiger partial charge is 0.123 e. The van der Waals surface area contributed by atoms with E-state index in [0.717, 1.165) is 16.9 Å². The third kappa shape index (κ3) is 3.05. The monoisotopic (exact) mass is 226 g/mol. The Kier molecular flexibility index (Phi) is 3.37. The van der Waals surface area contributed by atoms with E-state index in [0.29, 0.717) is 6.42 Å². The van der Waals surface area contributed by atoms with Crippen LogP contribution in [0, 0.1) is 17.1 Å². The number of rotatable bonds is 3. The highest BCUT2D eigenvalue weighted by Gasteiger charge is 1.97. The molecule has 0 aliphatic heterocycles. The number of hydrogen-bond donors (Lipinski definition) is 1. The lowest BCUT2D eigenvalue weighted by molar-refractivity contribution is 0.628. The summed E-state index contributed by atoms with van der Waals surface area (Å²) in [6, 6.07) is 15.9. The molecule has 2 aromatic carbocycles. The number of benzene rings is 2. The lowest BCUT2D eigenvalue weighted by Gasteiger charge is -2.07. The maximum absolute atomic E-state index is 12.7. The van der Waals surface area contributed by atoms with E-state index in [4.69, 9.17) is 5.26 Å². The van der Waals surface area contributed by atoms with Crippen molar-refractivity contribution in [2.45, 2.75) is 6.42 Å². The SMILES string of the molecule is N#CCc1cccc(Nc2ccc(F)cc2)c1. The van der Waals surface area contributed by atoms with Crippen molar-refractivity contribution in [3.63, 3.8) is 0 Å². The highest BCUT2D eigenvalue weighted by atomic mass is 19.1. The fourth-order valence-electron chi connectivity index (χ4n) is 1.55. The van der Waals surface area contributed by atoms with Crippen molar-refractivity contribution in [2.75, 3.05) is 5.32 Å². The summed E-state index contributed by atoms with van der Waals surface area (Å²) in [5, 5.41) is 11.8. The minimum atomic E-state index is -0.256. The van der Waals surface area contributed by atoms with Crippen molar-refractivity contribution in [3.05, 3.63) is 59.9 Å². The average molecular weight is 226 g/mol. The minimum Gasteiger partial charge on any atom is -0.356 e. The van der Waals surface area contributed by atoms with Gasteiger partial charge in [-0.2, -0.15) is 5.26 Å². The van der Waals surface area contributed by atoms with Gasteiger partial charge in [0.1, 0.15) is 5.82 Å². The van der Waals surface area contributed by atoms with Crippen LogP contribution in [0.25, 0.3) is 0 Å². The second-order valence-electron chi connectivity index (χ2n) is 3.67. The lowest BCUT2D eigenvalue weighted by atomic mass is 10.1. The molecule has 3 heteroatoms. The first kappa shape index (κ1) is 11.2. The first-order valence-electron chi connectivity index (χ1n) is 5.26. The molecule has 0 saturated carbocycles. The van der Waals surface area contributed by atoms with E-state index in [2.05, 4.69) is 11.4 Å².